The van der Waals surface area contributed by atoms with E-state index in [1.54, 1.807) is 17.0 Å². The van der Waals surface area contributed by atoms with Gasteiger partial charge in [-0.05, 0) is 60.4 Å². The van der Waals surface area contributed by atoms with E-state index in [2.05, 4.69) is 11.6 Å². The van der Waals surface area contributed by atoms with Crippen LogP contribution in [0.25, 0.3) is 27.7 Å². The Bertz CT molecular complexity index is 1700. The maximum absolute atomic E-state index is 15.0. The van der Waals surface area contributed by atoms with Crippen molar-refractivity contribution in [3.8, 4) is 22.6 Å². The second kappa shape index (κ2) is 11.2. The lowest BCUT2D eigenvalue weighted by molar-refractivity contribution is -0.128. The molecule has 0 radical (unpaired) electrons. The zero-order chi connectivity index (χ0) is 29.4. The molecule has 1 fully saturated rings. The van der Waals surface area contributed by atoms with Crippen LogP contribution >= 0.6 is 0 Å². The molecule has 1 aliphatic rings. The lowest BCUT2D eigenvalue weighted by atomic mass is 9.99. The molecule has 0 N–H and O–H groups in total. The minimum Gasteiger partial charge on any atom is -0.496 e. The molecule has 0 unspecified atom stereocenters. The summed E-state index contributed by atoms with van der Waals surface area (Å²) >= 11 is 0. The van der Waals surface area contributed by atoms with E-state index in [0.29, 0.717) is 47.8 Å². The van der Waals surface area contributed by atoms with Crippen molar-refractivity contribution in [2.24, 2.45) is 0 Å². The van der Waals surface area contributed by atoms with Crippen molar-refractivity contribution in [1.82, 2.24) is 14.5 Å². The van der Waals surface area contributed by atoms with E-state index in [-0.39, 0.29) is 29.0 Å². The van der Waals surface area contributed by atoms with Gasteiger partial charge in [0, 0.05) is 25.7 Å². The molecule has 1 atom stereocenters. The normalized spacial score (nSPS) is 15.4. The topological polar surface area (TPSA) is 67.7 Å². The van der Waals surface area contributed by atoms with Crippen LogP contribution in [0.3, 0.4) is 0 Å². The van der Waals surface area contributed by atoms with Crippen LogP contribution in [-0.4, -0.2) is 53.1 Å². The van der Waals surface area contributed by atoms with Crippen molar-refractivity contribution < 1.29 is 18.3 Å². The van der Waals surface area contributed by atoms with E-state index in [4.69, 9.17) is 4.74 Å². The molecular formula is C32H32F2N4O3. The third-order valence-electron chi connectivity index (χ3n) is 7.59. The van der Waals surface area contributed by atoms with Gasteiger partial charge in [0.2, 0.25) is 5.91 Å². The molecule has 212 valence electrons. The average Bonchev–Trinajstić information content (AvgIpc) is 2.95. The number of para-hydroxylation sites is 1. The highest BCUT2D eigenvalue weighted by molar-refractivity contribution is 5.99. The smallest absolute Gasteiger partial charge is 0.354 e. The summed E-state index contributed by atoms with van der Waals surface area (Å²) in [6.07, 6.45) is 1.29. The van der Waals surface area contributed by atoms with Crippen molar-refractivity contribution in [3.05, 3.63) is 94.9 Å². The summed E-state index contributed by atoms with van der Waals surface area (Å²) in [5.41, 5.74) is 1.42. The van der Waals surface area contributed by atoms with Gasteiger partial charge in [-0.2, -0.15) is 4.98 Å². The summed E-state index contributed by atoms with van der Waals surface area (Å²) in [5, 5.41) is 0.529. The summed E-state index contributed by atoms with van der Waals surface area (Å²) in [7, 11) is 1.47. The molecule has 0 bridgehead atoms. The summed E-state index contributed by atoms with van der Waals surface area (Å²) in [6, 6.07) is 14.2. The Morgan fingerprint density at radius 3 is 2.44 bits per heavy atom. The number of amides is 1. The number of nitrogens with zero attached hydrogens (tertiary/aromatic N) is 4. The van der Waals surface area contributed by atoms with Gasteiger partial charge in [-0.1, -0.05) is 44.7 Å². The first kappa shape index (κ1) is 28.0. The highest BCUT2D eigenvalue weighted by Gasteiger charge is 2.30. The van der Waals surface area contributed by atoms with Gasteiger partial charge in [-0.15, -0.1) is 0 Å². The summed E-state index contributed by atoms with van der Waals surface area (Å²) in [6.45, 7) is 10.8. The molecule has 9 heteroatoms. The van der Waals surface area contributed by atoms with Gasteiger partial charge in [0.05, 0.1) is 29.3 Å². The number of anilines is 1. The highest BCUT2D eigenvalue weighted by atomic mass is 19.1. The number of fused-ring (bicyclic) bond motifs is 1. The first-order valence-electron chi connectivity index (χ1n) is 13.5. The van der Waals surface area contributed by atoms with Crippen LogP contribution in [-0.2, 0) is 4.79 Å². The Kier molecular flexibility index (Phi) is 7.62. The molecule has 2 heterocycles. The van der Waals surface area contributed by atoms with Crippen molar-refractivity contribution in [2.45, 2.75) is 32.7 Å². The van der Waals surface area contributed by atoms with Crippen LogP contribution in [0.1, 0.15) is 32.3 Å². The molecule has 1 amide bonds. The number of piperazine rings is 1. The quantitative estimate of drug-likeness (QED) is 0.285. The van der Waals surface area contributed by atoms with Gasteiger partial charge in [0.1, 0.15) is 23.2 Å². The Hall–Kier alpha value is -4.53. The standard InChI is InChI=1S/C32H32F2N4O3/c1-6-28(39)37-15-14-36(18-20(37)4)31-30-26(38(32(40)35-31)25-13-8-7-10-22(25)19(2)3)16-21(17-27(30)41-5)29-23(33)11-9-12-24(29)34/h6-13,16-17,19-20H,1,14-15,18H2,2-5H3/t20-/m1/s1. The minimum atomic E-state index is -0.728. The van der Waals surface area contributed by atoms with Crippen LogP contribution in [0.5, 0.6) is 5.75 Å². The Morgan fingerprint density at radius 1 is 1.10 bits per heavy atom. The molecule has 0 aliphatic carbocycles. The number of methoxy groups -OCH3 is 1. The van der Waals surface area contributed by atoms with Gasteiger partial charge in [-0.25, -0.2) is 13.6 Å². The summed E-state index contributed by atoms with van der Waals surface area (Å²) in [4.78, 5) is 34.5. The number of hydrogen-bond donors (Lipinski definition) is 0. The maximum Gasteiger partial charge on any atom is 0.354 e. The minimum absolute atomic E-state index is 0.0817. The van der Waals surface area contributed by atoms with Crippen molar-refractivity contribution >= 4 is 22.6 Å². The molecule has 1 aromatic heterocycles. The predicted octanol–water partition coefficient (Wildman–Crippen LogP) is 5.69. The average molecular weight is 559 g/mol. The molecule has 1 aliphatic heterocycles. The number of carbonyl (C=O) groups excluding carboxylic acids is 1. The number of benzene rings is 3. The SMILES string of the molecule is C=CC(=O)N1CCN(c2nc(=O)n(-c3ccccc3C(C)C)c3cc(-c4c(F)cccc4F)cc(OC)c23)C[C@H]1C. The Labute approximate surface area is 237 Å². The Morgan fingerprint density at radius 2 is 1.80 bits per heavy atom. The van der Waals surface area contributed by atoms with Crippen LogP contribution in [0, 0.1) is 11.6 Å². The molecule has 41 heavy (non-hydrogen) atoms. The van der Waals surface area contributed by atoms with Crippen molar-refractivity contribution in [1.29, 1.82) is 0 Å². The van der Waals surface area contributed by atoms with Crippen LogP contribution in [0.15, 0.2) is 72.0 Å². The van der Waals surface area contributed by atoms with Gasteiger partial charge >= 0.3 is 5.69 Å². The second-order valence-electron chi connectivity index (χ2n) is 10.5. The van der Waals surface area contributed by atoms with E-state index in [9.17, 15) is 18.4 Å². The van der Waals surface area contributed by atoms with Gasteiger partial charge < -0.3 is 14.5 Å². The first-order valence-corrected chi connectivity index (χ1v) is 13.5. The second-order valence-corrected chi connectivity index (χ2v) is 10.5. The Balaban J connectivity index is 1.83. The van der Waals surface area contributed by atoms with Gasteiger partial charge in [0.15, 0.2) is 0 Å². The van der Waals surface area contributed by atoms with Crippen molar-refractivity contribution in [2.75, 3.05) is 31.6 Å². The number of hydrogen-bond acceptors (Lipinski definition) is 5. The molecule has 3 aromatic carbocycles. The van der Waals surface area contributed by atoms with E-state index in [1.807, 2.05) is 49.9 Å². The molecule has 7 nitrogen and oxygen atoms in total. The van der Waals surface area contributed by atoms with Crippen LogP contribution in [0.4, 0.5) is 14.6 Å². The highest BCUT2D eigenvalue weighted by Crippen LogP contribution is 2.40. The fourth-order valence-electron chi connectivity index (χ4n) is 5.62. The lowest BCUT2D eigenvalue weighted by Gasteiger charge is -2.40. The zero-order valence-electron chi connectivity index (χ0n) is 23.5. The number of aromatic nitrogens is 2. The predicted molar refractivity (Wildman–Crippen MR) is 157 cm³/mol. The number of halogens is 2. The zero-order valence-corrected chi connectivity index (χ0v) is 23.5. The lowest BCUT2D eigenvalue weighted by Crippen LogP contribution is -2.54. The van der Waals surface area contributed by atoms with Crippen LogP contribution < -0.4 is 15.3 Å². The molecule has 5 rings (SSSR count). The van der Waals surface area contributed by atoms with Gasteiger partial charge in [-0.3, -0.25) is 9.36 Å². The van der Waals surface area contributed by atoms with Gasteiger partial charge in [0.25, 0.3) is 0 Å². The molecule has 1 saturated heterocycles. The third-order valence-corrected chi connectivity index (χ3v) is 7.59. The number of ether oxygens (including phenoxy) is 1. The summed E-state index contributed by atoms with van der Waals surface area (Å²) in [5.74, 6) is -0.833. The molecular weight excluding hydrogens is 526 g/mol. The third kappa shape index (κ3) is 4.96. The molecule has 4 aromatic rings. The maximum atomic E-state index is 15.0. The van der Waals surface area contributed by atoms with Crippen molar-refractivity contribution in [3.63, 3.8) is 0 Å². The fraction of sp³-hybridized carbons (Fsp3) is 0.281. The van der Waals surface area contributed by atoms with Crippen LogP contribution in [0.2, 0.25) is 0 Å². The monoisotopic (exact) mass is 558 g/mol. The summed E-state index contributed by atoms with van der Waals surface area (Å²) < 4.78 is 37.3. The fourth-order valence-corrected chi connectivity index (χ4v) is 5.62. The largest absolute Gasteiger partial charge is 0.496 e. The number of carbonyl (C=O) groups is 1. The van der Waals surface area contributed by atoms with E-state index < -0.39 is 17.3 Å². The van der Waals surface area contributed by atoms with E-state index >= 15 is 0 Å². The molecule has 0 saturated carbocycles. The first-order chi connectivity index (χ1) is 19.7. The molecule has 0 spiro atoms. The van der Waals surface area contributed by atoms with E-state index in [1.165, 1.54) is 36.0 Å². The van der Waals surface area contributed by atoms with E-state index in [0.717, 1.165) is 5.56 Å². The number of rotatable bonds is 6.